The first-order valence-corrected chi connectivity index (χ1v) is 6.32. The van der Waals surface area contributed by atoms with Crippen molar-refractivity contribution in [1.82, 2.24) is 4.90 Å². The average molecular weight is 228 g/mol. The van der Waals surface area contributed by atoms with Crippen molar-refractivity contribution in [2.75, 3.05) is 33.3 Å². The van der Waals surface area contributed by atoms with E-state index in [1.165, 1.54) is 25.9 Å². The van der Waals surface area contributed by atoms with Gasteiger partial charge in [0.15, 0.2) is 5.79 Å². The van der Waals surface area contributed by atoms with E-state index in [2.05, 4.69) is 18.9 Å². The number of rotatable bonds is 3. The van der Waals surface area contributed by atoms with E-state index >= 15 is 0 Å². The Balaban J connectivity index is 1.80. The molecule has 2 N–H and O–H groups in total. The lowest BCUT2D eigenvalue weighted by Gasteiger charge is -2.33. The first-order chi connectivity index (χ1) is 7.61. The van der Waals surface area contributed by atoms with E-state index in [1.807, 2.05) is 0 Å². The molecule has 0 spiro atoms. The van der Waals surface area contributed by atoms with Crippen LogP contribution < -0.4 is 5.73 Å². The third kappa shape index (κ3) is 2.94. The zero-order valence-corrected chi connectivity index (χ0v) is 10.4. The predicted molar refractivity (Wildman–Crippen MR) is 63.1 cm³/mol. The molecule has 2 unspecified atom stereocenters. The molecule has 0 amide bonds. The Hall–Kier alpha value is -0.160. The van der Waals surface area contributed by atoms with E-state index < -0.39 is 0 Å². The summed E-state index contributed by atoms with van der Waals surface area (Å²) >= 11 is 0. The Morgan fingerprint density at radius 2 is 2.06 bits per heavy atom. The van der Waals surface area contributed by atoms with Crippen LogP contribution >= 0.6 is 0 Å². The van der Waals surface area contributed by atoms with E-state index in [9.17, 15) is 0 Å². The van der Waals surface area contributed by atoms with E-state index in [4.69, 9.17) is 15.2 Å². The quantitative estimate of drug-likeness (QED) is 0.776. The Kier molecular flexibility index (Phi) is 3.85. The van der Waals surface area contributed by atoms with Crippen LogP contribution in [0.15, 0.2) is 0 Å². The van der Waals surface area contributed by atoms with Crippen molar-refractivity contribution >= 4 is 0 Å². The summed E-state index contributed by atoms with van der Waals surface area (Å²) in [5.41, 5.74) is 5.59. The van der Waals surface area contributed by atoms with Gasteiger partial charge >= 0.3 is 0 Å². The molecule has 2 atom stereocenters. The third-order valence-corrected chi connectivity index (χ3v) is 3.75. The SMILES string of the molecule is CN1CCC(CC2(C)OCC(CN)O2)CC1. The van der Waals surface area contributed by atoms with Crippen LogP contribution in [0.5, 0.6) is 0 Å². The molecule has 4 nitrogen and oxygen atoms in total. The van der Waals surface area contributed by atoms with Crippen molar-refractivity contribution in [3.8, 4) is 0 Å². The largest absolute Gasteiger partial charge is 0.347 e. The summed E-state index contributed by atoms with van der Waals surface area (Å²) in [7, 11) is 2.19. The van der Waals surface area contributed by atoms with Gasteiger partial charge in [-0.2, -0.15) is 0 Å². The molecule has 2 heterocycles. The van der Waals surface area contributed by atoms with Crippen molar-refractivity contribution < 1.29 is 9.47 Å². The smallest absolute Gasteiger partial charge is 0.166 e. The second-order valence-corrected chi connectivity index (χ2v) is 5.37. The zero-order chi connectivity index (χ0) is 11.6. The number of nitrogens with two attached hydrogens (primary N) is 1. The van der Waals surface area contributed by atoms with Crippen molar-refractivity contribution in [1.29, 1.82) is 0 Å². The van der Waals surface area contributed by atoms with Crippen LogP contribution in [0.4, 0.5) is 0 Å². The van der Waals surface area contributed by atoms with Crippen molar-refractivity contribution in [2.24, 2.45) is 11.7 Å². The topological polar surface area (TPSA) is 47.7 Å². The molecule has 0 radical (unpaired) electrons. The molecule has 4 heteroatoms. The highest BCUT2D eigenvalue weighted by Crippen LogP contribution is 2.33. The Labute approximate surface area is 98.1 Å². The van der Waals surface area contributed by atoms with Crippen LogP contribution in [0.3, 0.4) is 0 Å². The first kappa shape index (κ1) is 12.3. The monoisotopic (exact) mass is 228 g/mol. The van der Waals surface area contributed by atoms with Crippen LogP contribution in [0.2, 0.25) is 0 Å². The maximum atomic E-state index is 5.87. The lowest BCUT2D eigenvalue weighted by molar-refractivity contribution is -0.167. The van der Waals surface area contributed by atoms with Gasteiger partial charge in [0.2, 0.25) is 0 Å². The summed E-state index contributed by atoms with van der Waals surface area (Å²) in [6, 6.07) is 0. The molecular weight excluding hydrogens is 204 g/mol. The van der Waals surface area contributed by atoms with Crippen molar-refractivity contribution in [3.63, 3.8) is 0 Å². The fourth-order valence-electron chi connectivity index (χ4n) is 2.70. The number of ether oxygens (including phenoxy) is 2. The minimum atomic E-state index is -0.384. The van der Waals surface area contributed by atoms with Gasteiger partial charge in [-0.15, -0.1) is 0 Å². The van der Waals surface area contributed by atoms with Crippen LogP contribution in [0, 0.1) is 5.92 Å². The van der Waals surface area contributed by atoms with Gasteiger partial charge in [0.25, 0.3) is 0 Å². The van der Waals surface area contributed by atoms with E-state index in [0.717, 1.165) is 12.3 Å². The van der Waals surface area contributed by atoms with Crippen LogP contribution in [-0.2, 0) is 9.47 Å². The Bertz CT molecular complexity index is 229. The zero-order valence-electron chi connectivity index (χ0n) is 10.4. The molecule has 0 aromatic heterocycles. The van der Waals surface area contributed by atoms with Crippen LogP contribution in [0.1, 0.15) is 26.2 Å². The molecule has 94 valence electrons. The molecule has 0 bridgehead atoms. The highest BCUT2D eigenvalue weighted by Gasteiger charge is 2.38. The number of likely N-dealkylation sites (tertiary alicyclic amines) is 1. The fourth-order valence-corrected chi connectivity index (χ4v) is 2.70. The summed E-state index contributed by atoms with van der Waals surface area (Å²) in [4.78, 5) is 2.39. The van der Waals surface area contributed by atoms with E-state index in [-0.39, 0.29) is 11.9 Å². The fraction of sp³-hybridized carbons (Fsp3) is 1.00. The van der Waals surface area contributed by atoms with E-state index in [1.54, 1.807) is 0 Å². The number of hydrogen-bond acceptors (Lipinski definition) is 4. The third-order valence-electron chi connectivity index (χ3n) is 3.75. The van der Waals surface area contributed by atoms with Crippen molar-refractivity contribution in [3.05, 3.63) is 0 Å². The van der Waals surface area contributed by atoms with Gasteiger partial charge in [-0.25, -0.2) is 0 Å². The average Bonchev–Trinajstić information content (AvgIpc) is 2.64. The normalized spacial score (nSPS) is 38.1. The van der Waals surface area contributed by atoms with Crippen molar-refractivity contribution in [2.45, 2.75) is 38.1 Å². The first-order valence-electron chi connectivity index (χ1n) is 6.32. The van der Waals surface area contributed by atoms with Gasteiger partial charge in [-0.3, -0.25) is 0 Å². The van der Waals surface area contributed by atoms with Gasteiger partial charge in [0.05, 0.1) is 12.7 Å². The summed E-state index contributed by atoms with van der Waals surface area (Å²) in [6.45, 7) is 5.66. The molecular formula is C12H24N2O2. The minimum absolute atomic E-state index is 0.0938. The van der Waals surface area contributed by atoms with Gasteiger partial charge in [-0.1, -0.05) is 0 Å². The van der Waals surface area contributed by atoms with Crippen LogP contribution in [-0.4, -0.2) is 50.1 Å². The Morgan fingerprint density at radius 3 is 2.62 bits per heavy atom. The minimum Gasteiger partial charge on any atom is -0.347 e. The summed E-state index contributed by atoms with van der Waals surface area (Å²) < 4.78 is 11.6. The molecule has 16 heavy (non-hydrogen) atoms. The standard InChI is InChI=1S/C12H24N2O2/c1-12(15-9-11(8-13)16-12)7-10-3-5-14(2)6-4-10/h10-11H,3-9,13H2,1-2H3. The Morgan fingerprint density at radius 1 is 1.38 bits per heavy atom. The van der Waals surface area contributed by atoms with Gasteiger partial charge in [0.1, 0.15) is 0 Å². The molecule has 0 aromatic carbocycles. The summed E-state index contributed by atoms with van der Waals surface area (Å²) in [5.74, 6) is 0.350. The second kappa shape index (κ2) is 5.00. The molecule has 0 saturated carbocycles. The van der Waals surface area contributed by atoms with Gasteiger partial charge in [0, 0.05) is 13.0 Å². The number of hydrogen-bond donors (Lipinski definition) is 1. The maximum Gasteiger partial charge on any atom is 0.166 e. The molecule has 2 aliphatic heterocycles. The summed E-state index contributed by atoms with van der Waals surface area (Å²) in [6.07, 6.45) is 3.62. The lowest BCUT2D eigenvalue weighted by Crippen LogP contribution is -2.36. The number of nitrogens with zero attached hydrogens (tertiary/aromatic N) is 1. The molecule has 2 saturated heterocycles. The highest BCUT2D eigenvalue weighted by molar-refractivity contribution is 4.81. The van der Waals surface area contributed by atoms with Gasteiger partial charge in [-0.05, 0) is 45.8 Å². The molecule has 0 aromatic rings. The molecule has 0 aliphatic carbocycles. The maximum absolute atomic E-state index is 5.87. The number of piperidine rings is 1. The molecule has 2 aliphatic rings. The predicted octanol–water partition coefficient (Wildman–Crippen LogP) is 0.809. The highest BCUT2D eigenvalue weighted by atomic mass is 16.7. The lowest BCUT2D eigenvalue weighted by atomic mass is 9.90. The molecule has 2 fully saturated rings. The molecule has 2 rings (SSSR count). The summed E-state index contributed by atoms with van der Waals surface area (Å²) in [5, 5.41) is 0. The second-order valence-electron chi connectivity index (χ2n) is 5.37. The van der Waals surface area contributed by atoms with Crippen LogP contribution in [0.25, 0.3) is 0 Å². The van der Waals surface area contributed by atoms with Gasteiger partial charge < -0.3 is 20.1 Å². The van der Waals surface area contributed by atoms with E-state index in [0.29, 0.717) is 13.2 Å².